The number of nitrogens with two attached hydrogens (primary N) is 2. The lowest BCUT2D eigenvalue weighted by Gasteiger charge is -2.29. The van der Waals surface area contributed by atoms with Crippen LogP contribution in [-0.4, -0.2) is 66.0 Å². The summed E-state index contributed by atoms with van der Waals surface area (Å²) in [6, 6.07) is 9.52. The van der Waals surface area contributed by atoms with Crippen LogP contribution in [0.3, 0.4) is 0 Å². The van der Waals surface area contributed by atoms with Crippen molar-refractivity contribution in [1.82, 2.24) is 4.90 Å². The van der Waals surface area contributed by atoms with Gasteiger partial charge >= 0.3 is 5.96 Å². The summed E-state index contributed by atoms with van der Waals surface area (Å²) in [5.41, 5.74) is 11.1. The third kappa shape index (κ3) is 4.40. The van der Waals surface area contributed by atoms with Crippen molar-refractivity contribution in [2.75, 3.05) is 39.3 Å². The zero-order valence-corrected chi connectivity index (χ0v) is 11.6. The quantitative estimate of drug-likeness (QED) is 0.477. The number of para-hydroxylation sites is 1. The number of benzene rings is 1. The van der Waals surface area contributed by atoms with Crippen molar-refractivity contribution >= 4 is 5.96 Å². The number of aliphatic hydroxyl groups is 1. The molecular weight excluding hydrogens is 256 g/mol. The highest BCUT2D eigenvalue weighted by molar-refractivity contribution is 5.70. The number of nitrogens with zero attached hydrogens (tertiary/aromatic N) is 2. The fourth-order valence-corrected chi connectivity index (χ4v) is 2.25. The van der Waals surface area contributed by atoms with E-state index in [0.29, 0.717) is 19.1 Å². The molecule has 0 bridgehead atoms. The van der Waals surface area contributed by atoms with Gasteiger partial charge in [0.05, 0.1) is 13.1 Å². The van der Waals surface area contributed by atoms with E-state index in [1.807, 2.05) is 34.9 Å². The topological polar surface area (TPSA) is 87.8 Å². The molecule has 0 saturated carbocycles. The minimum absolute atomic E-state index is 0.301. The minimum atomic E-state index is -0.499. The molecule has 1 aliphatic heterocycles. The number of aliphatic hydroxyl groups excluding tert-OH is 1. The van der Waals surface area contributed by atoms with Crippen molar-refractivity contribution in [3.63, 3.8) is 0 Å². The lowest BCUT2D eigenvalue weighted by atomic mass is 10.3. The van der Waals surface area contributed by atoms with Crippen molar-refractivity contribution in [3.05, 3.63) is 30.3 Å². The predicted molar refractivity (Wildman–Crippen MR) is 77.8 cm³/mol. The van der Waals surface area contributed by atoms with Crippen LogP contribution in [-0.2, 0) is 0 Å². The molecule has 1 saturated heterocycles. The Balaban J connectivity index is 1.70. The van der Waals surface area contributed by atoms with Gasteiger partial charge in [0.25, 0.3) is 0 Å². The maximum Gasteiger partial charge on any atom is 0.341 e. The molecule has 6 nitrogen and oxygen atoms in total. The number of hydrogen-bond acceptors (Lipinski definition) is 3. The molecule has 1 aliphatic rings. The van der Waals surface area contributed by atoms with E-state index in [9.17, 15) is 5.11 Å². The first kappa shape index (κ1) is 14.6. The van der Waals surface area contributed by atoms with Gasteiger partial charge in [-0.25, -0.2) is 0 Å². The Labute approximate surface area is 119 Å². The zero-order valence-electron chi connectivity index (χ0n) is 11.6. The molecule has 1 heterocycles. The van der Waals surface area contributed by atoms with Crippen LogP contribution in [0, 0.1) is 0 Å². The summed E-state index contributed by atoms with van der Waals surface area (Å²) >= 11 is 0. The van der Waals surface area contributed by atoms with Crippen LogP contribution >= 0.6 is 0 Å². The number of piperazine rings is 1. The number of rotatable bonds is 5. The maximum atomic E-state index is 10.0. The first-order valence-electron chi connectivity index (χ1n) is 6.86. The molecule has 0 aromatic heterocycles. The Morgan fingerprint density at radius 1 is 1.25 bits per heavy atom. The van der Waals surface area contributed by atoms with Crippen LogP contribution in [0.4, 0.5) is 0 Å². The molecule has 1 aromatic carbocycles. The third-order valence-corrected chi connectivity index (χ3v) is 3.39. The first-order valence-corrected chi connectivity index (χ1v) is 6.86. The van der Waals surface area contributed by atoms with Gasteiger partial charge in [0.1, 0.15) is 18.5 Å². The number of ether oxygens (including phenoxy) is 1. The van der Waals surface area contributed by atoms with Crippen molar-refractivity contribution < 1.29 is 14.4 Å². The first-order chi connectivity index (χ1) is 9.65. The van der Waals surface area contributed by atoms with Crippen molar-refractivity contribution in [2.24, 2.45) is 11.5 Å². The Kier molecular flexibility index (Phi) is 5.20. The lowest BCUT2D eigenvalue weighted by Crippen LogP contribution is -2.50. The van der Waals surface area contributed by atoms with Gasteiger partial charge in [0.15, 0.2) is 0 Å². The van der Waals surface area contributed by atoms with E-state index >= 15 is 0 Å². The van der Waals surface area contributed by atoms with Gasteiger partial charge in [-0.2, -0.15) is 0 Å². The molecule has 0 aliphatic carbocycles. The summed E-state index contributed by atoms with van der Waals surface area (Å²) in [5.74, 6) is 1.15. The largest absolute Gasteiger partial charge is 0.491 e. The normalized spacial score (nSPS) is 17.8. The molecule has 1 fully saturated rings. The summed E-state index contributed by atoms with van der Waals surface area (Å²) in [5, 5.41) is 10.0. The molecule has 20 heavy (non-hydrogen) atoms. The Morgan fingerprint density at radius 3 is 2.50 bits per heavy atom. The fourth-order valence-electron chi connectivity index (χ4n) is 2.25. The molecule has 1 aromatic rings. The second kappa shape index (κ2) is 7.12. The van der Waals surface area contributed by atoms with Gasteiger partial charge in [-0.15, -0.1) is 0 Å². The summed E-state index contributed by atoms with van der Waals surface area (Å²) in [7, 11) is 0. The molecule has 5 N–H and O–H groups in total. The predicted octanol–water partition coefficient (Wildman–Crippen LogP) is -0.972. The van der Waals surface area contributed by atoms with Crippen LogP contribution in [0.25, 0.3) is 0 Å². The van der Waals surface area contributed by atoms with E-state index in [2.05, 4.69) is 4.90 Å². The van der Waals surface area contributed by atoms with Crippen LogP contribution in [0.1, 0.15) is 0 Å². The monoisotopic (exact) mass is 279 g/mol. The van der Waals surface area contributed by atoms with Crippen LogP contribution in [0.5, 0.6) is 5.75 Å². The third-order valence-electron chi connectivity index (χ3n) is 3.39. The van der Waals surface area contributed by atoms with E-state index in [1.165, 1.54) is 0 Å². The number of β-amino-alcohol motifs (C(OH)–C–C–N with tert-alkyl or cyclic N) is 1. The molecular formula is C14H23N4O2+. The van der Waals surface area contributed by atoms with Crippen LogP contribution in [0.2, 0.25) is 0 Å². The van der Waals surface area contributed by atoms with Crippen molar-refractivity contribution in [1.29, 1.82) is 0 Å². The van der Waals surface area contributed by atoms with Crippen LogP contribution in [0.15, 0.2) is 30.3 Å². The molecule has 6 heteroatoms. The van der Waals surface area contributed by atoms with Gasteiger partial charge in [-0.1, -0.05) is 18.2 Å². The molecule has 2 rings (SSSR count). The lowest BCUT2D eigenvalue weighted by molar-refractivity contribution is -0.541. The maximum absolute atomic E-state index is 10.0. The molecule has 0 radical (unpaired) electrons. The van der Waals surface area contributed by atoms with Gasteiger partial charge in [0.2, 0.25) is 0 Å². The highest BCUT2D eigenvalue weighted by Gasteiger charge is 2.19. The van der Waals surface area contributed by atoms with Gasteiger partial charge in [-0.05, 0) is 12.1 Å². The minimum Gasteiger partial charge on any atom is -0.491 e. The molecule has 1 atom stereocenters. The summed E-state index contributed by atoms with van der Waals surface area (Å²) < 4.78 is 7.49. The average molecular weight is 279 g/mol. The Morgan fingerprint density at radius 2 is 1.90 bits per heavy atom. The van der Waals surface area contributed by atoms with Gasteiger partial charge in [0, 0.05) is 19.6 Å². The Hall–Kier alpha value is -1.79. The van der Waals surface area contributed by atoms with E-state index in [-0.39, 0.29) is 0 Å². The highest BCUT2D eigenvalue weighted by Crippen LogP contribution is 2.09. The standard InChI is InChI=1S/C14H22N4O2/c15-14(16)18-8-6-17(7-9-18)10-12(19)11-20-13-4-2-1-3-5-13/h1-5,12,19H,6-11H2,(H3,15,16)/p+1/t12-/m1/s1. The fraction of sp³-hybridized carbons (Fsp3) is 0.500. The molecule has 0 unspecified atom stereocenters. The molecule has 0 spiro atoms. The van der Waals surface area contributed by atoms with Crippen LogP contribution < -0.4 is 16.2 Å². The zero-order chi connectivity index (χ0) is 14.4. The van der Waals surface area contributed by atoms with E-state index in [1.54, 1.807) is 0 Å². The van der Waals surface area contributed by atoms with Gasteiger partial charge in [-0.3, -0.25) is 20.9 Å². The smallest absolute Gasteiger partial charge is 0.341 e. The van der Waals surface area contributed by atoms with Crippen molar-refractivity contribution in [2.45, 2.75) is 6.10 Å². The van der Waals surface area contributed by atoms with Crippen molar-refractivity contribution in [3.8, 4) is 5.75 Å². The SMILES string of the molecule is NC(N)=[N+]1CCN(C[C@@H](O)COc2ccccc2)CC1. The van der Waals surface area contributed by atoms with E-state index in [4.69, 9.17) is 16.2 Å². The second-order valence-electron chi connectivity index (χ2n) is 4.99. The summed E-state index contributed by atoms with van der Waals surface area (Å²) in [4.78, 5) is 2.19. The van der Waals surface area contributed by atoms with E-state index in [0.717, 1.165) is 31.9 Å². The Bertz CT molecular complexity index is 436. The molecule has 110 valence electrons. The second-order valence-corrected chi connectivity index (χ2v) is 4.99. The summed E-state index contributed by atoms with van der Waals surface area (Å²) in [6.45, 7) is 4.20. The average Bonchev–Trinajstić information content (AvgIpc) is 2.47. The highest BCUT2D eigenvalue weighted by atomic mass is 16.5. The summed E-state index contributed by atoms with van der Waals surface area (Å²) in [6.07, 6.45) is -0.499. The van der Waals surface area contributed by atoms with Gasteiger partial charge < -0.3 is 9.84 Å². The number of guanidine groups is 1. The van der Waals surface area contributed by atoms with E-state index < -0.39 is 6.10 Å². The molecule has 0 amide bonds. The number of hydrogen-bond donors (Lipinski definition) is 3.